The number of benzene rings is 2. The summed E-state index contributed by atoms with van der Waals surface area (Å²) in [6.45, 7) is 3.98. The molecular weight excluding hydrogens is 509 g/mol. The van der Waals surface area contributed by atoms with Crippen LogP contribution in [0.15, 0.2) is 39.9 Å². The van der Waals surface area contributed by atoms with Crippen molar-refractivity contribution in [1.82, 2.24) is 10.7 Å². The minimum Gasteiger partial charge on any atom is -0.493 e. The number of amides is 2. The molecule has 0 aromatic heterocycles. The second kappa shape index (κ2) is 11.9. The van der Waals surface area contributed by atoms with Crippen molar-refractivity contribution < 1.29 is 19.1 Å². The quantitative estimate of drug-likeness (QED) is 0.359. The minimum absolute atomic E-state index is 0.0128. The number of hydrogen-bond acceptors (Lipinski definition) is 5. The van der Waals surface area contributed by atoms with Gasteiger partial charge in [-0.3, -0.25) is 9.59 Å². The maximum absolute atomic E-state index is 12.1. The number of halogens is 3. The van der Waals surface area contributed by atoms with Crippen LogP contribution in [-0.2, 0) is 4.79 Å². The van der Waals surface area contributed by atoms with Gasteiger partial charge in [0.1, 0.15) is 0 Å². The van der Waals surface area contributed by atoms with Crippen LogP contribution in [-0.4, -0.2) is 37.8 Å². The number of rotatable bonds is 9. The van der Waals surface area contributed by atoms with Gasteiger partial charge in [0.05, 0.1) is 33.9 Å². The summed E-state index contributed by atoms with van der Waals surface area (Å²) in [5.41, 5.74) is 3.48. The molecule has 0 unspecified atom stereocenters. The third-order valence-electron chi connectivity index (χ3n) is 3.83. The molecule has 0 aliphatic carbocycles. The van der Waals surface area contributed by atoms with Crippen LogP contribution in [0.5, 0.6) is 11.5 Å². The Balaban J connectivity index is 1.86. The topological polar surface area (TPSA) is 89.0 Å². The molecular formula is C21H22BrCl2N3O4. The lowest BCUT2D eigenvalue weighted by molar-refractivity contribution is -0.120. The highest BCUT2D eigenvalue weighted by Crippen LogP contribution is 2.37. The van der Waals surface area contributed by atoms with E-state index in [-0.39, 0.29) is 35.9 Å². The number of methoxy groups -OCH3 is 1. The highest BCUT2D eigenvalue weighted by atomic mass is 79.9. The third-order valence-corrected chi connectivity index (χ3v) is 5.16. The summed E-state index contributed by atoms with van der Waals surface area (Å²) in [6, 6.07) is 8.10. The van der Waals surface area contributed by atoms with E-state index in [1.807, 2.05) is 13.8 Å². The molecule has 0 aliphatic rings. The molecule has 2 N–H and O–H groups in total. The first kappa shape index (κ1) is 25.0. The fourth-order valence-electron chi connectivity index (χ4n) is 2.43. The molecule has 0 fully saturated rings. The molecule has 0 saturated carbocycles. The van der Waals surface area contributed by atoms with E-state index >= 15 is 0 Å². The minimum atomic E-state index is -0.351. The maximum Gasteiger partial charge on any atom is 0.251 e. The Bertz CT molecular complexity index is 983. The first-order valence-electron chi connectivity index (χ1n) is 9.30. The molecule has 31 heavy (non-hydrogen) atoms. The molecule has 10 heteroatoms. The van der Waals surface area contributed by atoms with Crippen molar-refractivity contribution >= 4 is 57.2 Å². The van der Waals surface area contributed by atoms with Gasteiger partial charge in [0.2, 0.25) is 5.91 Å². The van der Waals surface area contributed by atoms with Crippen molar-refractivity contribution in [2.24, 2.45) is 5.10 Å². The second-order valence-electron chi connectivity index (χ2n) is 6.63. The van der Waals surface area contributed by atoms with Crippen LogP contribution in [0.4, 0.5) is 0 Å². The summed E-state index contributed by atoms with van der Waals surface area (Å²) in [5, 5.41) is 7.23. The molecule has 0 heterocycles. The van der Waals surface area contributed by atoms with Crippen molar-refractivity contribution in [3.63, 3.8) is 0 Å². The molecule has 2 rings (SSSR count). The fraction of sp³-hybridized carbons (Fsp3) is 0.286. The molecule has 0 atom stereocenters. The number of carbonyl (C=O) groups excluding carboxylic acids is 2. The number of carbonyl (C=O) groups is 2. The standard InChI is InChI=1S/C21H22BrCl2N3O4/c1-12(2)31-20-15(22)8-13(9-18(20)30-3)11-26-27-19(28)6-7-25-21(29)14-4-5-16(23)17(24)10-14/h4-5,8-12H,6-7H2,1-3H3,(H,25,29)(H,27,28). The zero-order valence-electron chi connectivity index (χ0n) is 17.2. The van der Waals surface area contributed by atoms with E-state index in [4.69, 9.17) is 32.7 Å². The molecule has 2 aromatic rings. The molecule has 0 aliphatic heterocycles. The largest absolute Gasteiger partial charge is 0.493 e. The van der Waals surface area contributed by atoms with Gasteiger partial charge in [0.25, 0.3) is 5.91 Å². The maximum atomic E-state index is 12.1. The zero-order chi connectivity index (χ0) is 23.0. The Labute approximate surface area is 199 Å². The Morgan fingerprint density at radius 2 is 1.94 bits per heavy atom. The third kappa shape index (κ3) is 7.72. The summed E-state index contributed by atoms with van der Waals surface area (Å²) in [4.78, 5) is 24.0. The lowest BCUT2D eigenvalue weighted by atomic mass is 10.2. The summed E-state index contributed by atoms with van der Waals surface area (Å²) in [5.74, 6) is 0.435. The van der Waals surface area contributed by atoms with Gasteiger partial charge in [0, 0.05) is 18.5 Å². The summed E-state index contributed by atoms with van der Waals surface area (Å²) < 4.78 is 11.8. The highest BCUT2D eigenvalue weighted by Gasteiger charge is 2.13. The Hall–Kier alpha value is -2.29. The van der Waals surface area contributed by atoms with Gasteiger partial charge in [-0.05, 0) is 65.7 Å². The van der Waals surface area contributed by atoms with Crippen molar-refractivity contribution in [2.75, 3.05) is 13.7 Å². The van der Waals surface area contributed by atoms with Gasteiger partial charge in [-0.15, -0.1) is 0 Å². The van der Waals surface area contributed by atoms with Crippen LogP contribution in [0, 0.1) is 0 Å². The number of nitrogens with one attached hydrogen (secondary N) is 2. The van der Waals surface area contributed by atoms with Gasteiger partial charge in [-0.2, -0.15) is 5.10 Å². The van der Waals surface area contributed by atoms with Gasteiger partial charge in [0.15, 0.2) is 11.5 Å². The highest BCUT2D eigenvalue weighted by molar-refractivity contribution is 9.10. The van der Waals surface area contributed by atoms with E-state index in [1.165, 1.54) is 18.3 Å². The van der Waals surface area contributed by atoms with Crippen molar-refractivity contribution in [2.45, 2.75) is 26.4 Å². The molecule has 2 amide bonds. The van der Waals surface area contributed by atoms with Crippen LogP contribution < -0.4 is 20.2 Å². The summed E-state index contributed by atoms with van der Waals surface area (Å²) in [7, 11) is 1.55. The van der Waals surface area contributed by atoms with E-state index < -0.39 is 0 Å². The van der Waals surface area contributed by atoms with Crippen LogP contribution in [0.25, 0.3) is 0 Å². The van der Waals surface area contributed by atoms with Crippen LogP contribution >= 0.6 is 39.1 Å². The normalized spacial score (nSPS) is 10.9. The summed E-state index contributed by atoms with van der Waals surface area (Å²) >= 11 is 15.2. The smallest absolute Gasteiger partial charge is 0.251 e. The SMILES string of the molecule is COc1cc(C=NNC(=O)CCNC(=O)c2ccc(Cl)c(Cl)c2)cc(Br)c1OC(C)C. The van der Waals surface area contributed by atoms with Crippen molar-refractivity contribution in [1.29, 1.82) is 0 Å². The lowest BCUT2D eigenvalue weighted by Gasteiger charge is -2.15. The number of nitrogens with zero attached hydrogens (tertiary/aromatic N) is 1. The van der Waals surface area contributed by atoms with E-state index in [0.29, 0.717) is 32.1 Å². The predicted molar refractivity (Wildman–Crippen MR) is 126 cm³/mol. The Morgan fingerprint density at radius 3 is 2.58 bits per heavy atom. The van der Waals surface area contributed by atoms with Crippen molar-refractivity contribution in [3.8, 4) is 11.5 Å². The van der Waals surface area contributed by atoms with E-state index in [1.54, 1.807) is 25.3 Å². The predicted octanol–water partition coefficient (Wildman–Crippen LogP) is 4.82. The molecule has 166 valence electrons. The first-order valence-corrected chi connectivity index (χ1v) is 10.9. The van der Waals surface area contributed by atoms with E-state index in [0.717, 1.165) is 0 Å². The molecule has 0 saturated heterocycles. The molecule has 2 aromatic carbocycles. The van der Waals surface area contributed by atoms with Crippen LogP contribution in [0.3, 0.4) is 0 Å². The molecule has 0 radical (unpaired) electrons. The summed E-state index contributed by atoms with van der Waals surface area (Å²) in [6.07, 6.45) is 1.53. The van der Waals surface area contributed by atoms with Gasteiger partial charge in [-0.1, -0.05) is 23.2 Å². The van der Waals surface area contributed by atoms with Crippen LogP contribution in [0.1, 0.15) is 36.2 Å². The lowest BCUT2D eigenvalue weighted by Crippen LogP contribution is -2.29. The average Bonchev–Trinajstić information content (AvgIpc) is 2.71. The average molecular weight is 531 g/mol. The number of ether oxygens (including phenoxy) is 2. The number of hydrazone groups is 1. The van der Waals surface area contributed by atoms with Crippen molar-refractivity contribution in [3.05, 3.63) is 56.0 Å². The monoisotopic (exact) mass is 529 g/mol. The second-order valence-corrected chi connectivity index (χ2v) is 8.30. The Kier molecular flexibility index (Phi) is 9.61. The van der Waals surface area contributed by atoms with Gasteiger partial charge < -0.3 is 14.8 Å². The molecule has 0 spiro atoms. The molecule has 7 nitrogen and oxygen atoms in total. The number of hydrogen-bond donors (Lipinski definition) is 2. The van der Waals surface area contributed by atoms with E-state index in [2.05, 4.69) is 31.8 Å². The van der Waals surface area contributed by atoms with Gasteiger partial charge >= 0.3 is 0 Å². The zero-order valence-corrected chi connectivity index (χ0v) is 20.3. The fourth-order valence-corrected chi connectivity index (χ4v) is 3.28. The van der Waals surface area contributed by atoms with E-state index in [9.17, 15) is 9.59 Å². The van der Waals surface area contributed by atoms with Crippen LogP contribution in [0.2, 0.25) is 10.0 Å². The Morgan fingerprint density at radius 1 is 1.19 bits per heavy atom. The first-order chi connectivity index (χ1) is 14.7. The molecule has 0 bridgehead atoms. The van der Waals surface area contributed by atoms with Gasteiger partial charge in [-0.25, -0.2) is 5.43 Å².